The first-order valence-corrected chi connectivity index (χ1v) is 3.61. The van der Waals surface area contributed by atoms with Gasteiger partial charge in [0.15, 0.2) is 0 Å². The smallest absolute Gasteiger partial charge is 0.298 e. The van der Waals surface area contributed by atoms with Gasteiger partial charge in [0.05, 0.1) is 5.76 Å². The van der Waals surface area contributed by atoms with Gasteiger partial charge in [0, 0.05) is 5.92 Å². The van der Waals surface area contributed by atoms with Crippen LogP contribution in [0.4, 0.5) is 4.39 Å². The van der Waals surface area contributed by atoms with Crippen molar-refractivity contribution < 1.29 is 9.13 Å². The molecule has 0 aromatic carbocycles. The summed E-state index contributed by atoms with van der Waals surface area (Å²) in [6.45, 7) is 6.02. The van der Waals surface area contributed by atoms with Crippen LogP contribution in [0.25, 0.3) is 0 Å². The topological polar surface area (TPSA) is 12.5 Å². The predicted molar refractivity (Wildman–Crippen MR) is 43.6 cm³/mol. The monoisotopic (exact) mass is 161 g/mol. The molecule has 0 heterocycles. The van der Waals surface area contributed by atoms with Crippen LogP contribution in [0.15, 0.2) is 12.3 Å². The molecular formula is C8H16FNO. The Bertz CT molecular complexity index is 134. The molecule has 0 spiro atoms. The van der Waals surface area contributed by atoms with Crippen LogP contribution >= 0.6 is 0 Å². The van der Waals surface area contributed by atoms with E-state index in [4.69, 9.17) is 4.74 Å². The van der Waals surface area contributed by atoms with Gasteiger partial charge in [0.2, 0.25) is 0 Å². The van der Waals surface area contributed by atoms with E-state index in [-0.39, 0.29) is 5.92 Å². The van der Waals surface area contributed by atoms with Crippen molar-refractivity contribution in [2.45, 2.75) is 20.3 Å². The Kier molecular flexibility index (Phi) is 4.11. The van der Waals surface area contributed by atoms with Crippen molar-refractivity contribution >= 4 is 0 Å². The number of nitrogens with zero attached hydrogens (tertiary/aromatic N) is 1. The van der Waals surface area contributed by atoms with Crippen LogP contribution in [0.1, 0.15) is 13.8 Å². The normalized spacial score (nSPS) is 13.7. The Morgan fingerprint density at radius 3 is 2.18 bits per heavy atom. The fourth-order valence-corrected chi connectivity index (χ4v) is 0.366. The zero-order valence-corrected chi connectivity index (χ0v) is 7.60. The summed E-state index contributed by atoms with van der Waals surface area (Å²) in [5.41, 5.74) is 0. The van der Waals surface area contributed by atoms with E-state index in [1.807, 2.05) is 13.8 Å². The first-order chi connectivity index (χ1) is 4.95. The highest BCUT2D eigenvalue weighted by Crippen LogP contribution is 2.12. The summed E-state index contributed by atoms with van der Waals surface area (Å²) in [7, 11) is 3.22. The summed E-state index contributed by atoms with van der Waals surface area (Å²) in [4.78, 5) is 1.34. The standard InChI is InChI=1S/C8H16FNO/c1-6(2)7(3)11-8(9)10(4)5/h6,8H,3H2,1-2,4-5H3. The summed E-state index contributed by atoms with van der Waals surface area (Å²) in [6, 6.07) is 0. The maximum atomic E-state index is 12.8. The fourth-order valence-electron chi connectivity index (χ4n) is 0.366. The summed E-state index contributed by atoms with van der Waals surface area (Å²) in [5.74, 6) is 0.638. The summed E-state index contributed by atoms with van der Waals surface area (Å²) >= 11 is 0. The van der Waals surface area contributed by atoms with Gasteiger partial charge in [-0.25, -0.2) is 4.90 Å². The third-order valence-electron chi connectivity index (χ3n) is 1.30. The van der Waals surface area contributed by atoms with E-state index in [9.17, 15) is 4.39 Å². The van der Waals surface area contributed by atoms with E-state index >= 15 is 0 Å². The molecule has 0 fully saturated rings. The molecule has 0 aromatic heterocycles. The van der Waals surface area contributed by atoms with Crippen LogP contribution in [0, 0.1) is 5.92 Å². The number of alkyl halides is 1. The molecule has 66 valence electrons. The first-order valence-electron chi connectivity index (χ1n) is 3.61. The van der Waals surface area contributed by atoms with Gasteiger partial charge in [-0.15, -0.1) is 0 Å². The number of rotatable bonds is 4. The number of halogens is 1. The number of hydrogen-bond acceptors (Lipinski definition) is 2. The van der Waals surface area contributed by atoms with E-state index in [0.717, 1.165) is 0 Å². The molecule has 1 atom stereocenters. The van der Waals surface area contributed by atoms with Crippen molar-refractivity contribution in [3.05, 3.63) is 12.3 Å². The first kappa shape index (κ1) is 10.4. The minimum atomic E-state index is -1.38. The molecule has 0 aromatic rings. The minimum Gasteiger partial charge on any atom is -0.452 e. The Morgan fingerprint density at radius 2 is 1.91 bits per heavy atom. The van der Waals surface area contributed by atoms with Crippen LogP contribution in [-0.2, 0) is 4.74 Å². The quantitative estimate of drug-likeness (QED) is 0.355. The lowest BCUT2D eigenvalue weighted by molar-refractivity contribution is -0.0973. The molecule has 0 saturated heterocycles. The van der Waals surface area contributed by atoms with Gasteiger partial charge in [-0.2, -0.15) is 4.39 Å². The van der Waals surface area contributed by atoms with Crippen LogP contribution < -0.4 is 0 Å². The lowest BCUT2D eigenvalue weighted by atomic mass is 10.2. The second kappa shape index (κ2) is 4.34. The summed E-state index contributed by atoms with van der Waals surface area (Å²) in [6.07, 6.45) is 0. The van der Waals surface area contributed by atoms with E-state index in [1.54, 1.807) is 14.1 Å². The van der Waals surface area contributed by atoms with Crippen LogP contribution in [0.3, 0.4) is 0 Å². The maximum absolute atomic E-state index is 12.8. The largest absolute Gasteiger partial charge is 0.452 e. The molecule has 0 aliphatic carbocycles. The van der Waals surface area contributed by atoms with E-state index in [1.165, 1.54) is 4.90 Å². The molecule has 0 aliphatic rings. The highest BCUT2D eigenvalue weighted by atomic mass is 19.1. The van der Waals surface area contributed by atoms with Crippen molar-refractivity contribution in [3.8, 4) is 0 Å². The third-order valence-corrected chi connectivity index (χ3v) is 1.30. The average molecular weight is 161 g/mol. The number of allylic oxidation sites excluding steroid dienone is 1. The highest BCUT2D eigenvalue weighted by molar-refractivity contribution is 4.86. The number of hydrogen-bond donors (Lipinski definition) is 0. The highest BCUT2D eigenvalue weighted by Gasteiger charge is 2.12. The molecule has 0 rings (SSSR count). The second-order valence-electron chi connectivity index (χ2n) is 2.99. The van der Waals surface area contributed by atoms with Crippen molar-refractivity contribution in [3.63, 3.8) is 0 Å². The summed E-state index contributed by atoms with van der Waals surface area (Å²) in [5, 5.41) is 0. The lowest BCUT2D eigenvalue weighted by Crippen LogP contribution is -2.26. The zero-order chi connectivity index (χ0) is 9.02. The zero-order valence-electron chi connectivity index (χ0n) is 7.60. The average Bonchev–Trinajstić information content (AvgIpc) is 1.87. The van der Waals surface area contributed by atoms with Gasteiger partial charge < -0.3 is 4.74 Å². The Hall–Kier alpha value is -0.570. The third kappa shape index (κ3) is 3.98. The van der Waals surface area contributed by atoms with Crippen LogP contribution in [0.2, 0.25) is 0 Å². The fraction of sp³-hybridized carbons (Fsp3) is 0.750. The molecule has 2 nitrogen and oxygen atoms in total. The molecule has 0 N–H and O–H groups in total. The van der Waals surface area contributed by atoms with Gasteiger partial charge in [-0.3, -0.25) is 0 Å². The minimum absolute atomic E-state index is 0.160. The van der Waals surface area contributed by atoms with Gasteiger partial charge >= 0.3 is 0 Å². The van der Waals surface area contributed by atoms with E-state index in [2.05, 4.69) is 6.58 Å². The van der Waals surface area contributed by atoms with Crippen molar-refractivity contribution in [1.29, 1.82) is 0 Å². The van der Waals surface area contributed by atoms with Crippen molar-refractivity contribution in [2.75, 3.05) is 14.1 Å². The van der Waals surface area contributed by atoms with Crippen LogP contribution in [0.5, 0.6) is 0 Å². The SMILES string of the molecule is C=C(OC(F)N(C)C)C(C)C. The molecule has 3 heteroatoms. The second-order valence-corrected chi connectivity index (χ2v) is 2.99. The molecule has 1 unspecified atom stereocenters. The van der Waals surface area contributed by atoms with Gasteiger partial charge in [0.25, 0.3) is 6.48 Å². The van der Waals surface area contributed by atoms with Gasteiger partial charge in [-0.1, -0.05) is 20.4 Å². The van der Waals surface area contributed by atoms with Gasteiger partial charge in [0.1, 0.15) is 0 Å². The molecule has 11 heavy (non-hydrogen) atoms. The molecule has 0 amide bonds. The van der Waals surface area contributed by atoms with Crippen molar-refractivity contribution in [2.24, 2.45) is 5.92 Å². The van der Waals surface area contributed by atoms with E-state index in [0.29, 0.717) is 5.76 Å². The molecule has 0 saturated carbocycles. The van der Waals surface area contributed by atoms with Crippen LogP contribution in [-0.4, -0.2) is 25.5 Å². The van der Waals surface area contributed by atoms with Gasteiger partial charge in [-0.05, 0) is 14.1 Å². The lowest BCUT2D eigenvalue weighted by Gasteiger charge is -2.20. The summed E-state index contributed by atoms with van der Waals surface area (Å²) < 4.78 is 17.6. The molecule has 0 aliphatic heterocycles. The molecule has 0 radical (unpaired) electrons. The predicted octanol–water partition coefficient (Wildman–Crippen LogP) is 1.99. The maximum Gasteiger partial charge on any atom is 0.298 e. The Labute approximate surface area is 67.6 Å². The number of ether oxygens (including phenoxy) is 1. The Morgan fingerprint density at radius 1 is 1.45 bits per heavy atom. The van der Waals surface area contributed by atoms with Crippen molar-refractivity contribution in [1.82, 2.24) is 4.90 Å². The van der Waals surface area contributed by atoms with E-state index < -0.39 is 6.48 Å². The Balaban J connectivity index is 3.76. The molecule has 0 bridgehead atoms. The molecular weight excluding hydrogens is 145 g/mol.